The third-order valence-electron chi connectivity index (χ3n) is 4.71. The van der Waals surface area contributed by atoms with Crippen molar-refractivity contribution < 1.29 is 18.7 Å². The van der Waals surface area contributed by atoms with E-state index in [1.807, 2.05) is 26.0 Å². The van der Waals surface area contributed by atoms with Crippen LogP contribution in [0.25, 0.3) is 11.1 Å². The first-order valence-corrected chi connectivity index (χ1v) is 9.39. The Balaban J connectivity index is 1.50. The number of oxazole rings is 1. The lowest BCUT2D eigenvalue weighted by Gasteiger charge is -2.13. The number of hydrogen-bond donors (Lipinski definition) is 1. The molecule has 0 saturated carbocycles. The second-order valence-electron chi connectivity index (χ2n) is 6.81. The summed E-state index contributed by atoms with van der Waals surface area (Å²) in [7, 11) is 0. The number of nitrogens with zero attached hydrogens (tertiary/aromatic N) is 1. The molecule has 1 aromatic heterocycles. The minimum absolute atomic E-state index is 0.108. The van der Waals surface area contributed by atoms with E-state index in [4.69, 9.17) is 13.9 Å². The van der Waals surface area contributed by atoms with Gasteiger partial charge in [-0.25, -0.2) is 4.79 Å². The number of nitrogens with one attached hydrogen (secondary N) is 1. The third-order valence-corrected chi connectivity index (χ3v) is 4.71. The zero-order valence-electron chi connectivity index (χ0n) is 15.9. The SMILES string of the molecule is CCOc1cc2c(cc1NC(=O)CCn1c(=O)oc3ccccc31)OC(C)C2. The molecule has 1 aliphatic rings. The molecule has 1 N–H and O–H groups in total. The van der Waals surface area contributed by atoms with Crippen molar-refractivity contribution in [1.29, 1.82) is 0 Å². The molecule has 0 spiro atoms. The Hall–Kier alpha value is -3.22. The molecular weight excluding hydrogens is 360 g/mol. The van der Waals surface area contributed by atoms with Crippen LogP contribution in [0.2, 0.25) is 0 Å². The number of benzene rings is 2. The second kappa shape index (κ2) is 7.42. The van der Waals surface area contributed by atoms with Crippen molar-refractivity contribution in [2.75, 3.05) is 11.9 Å². The van der Waals surface area contributed by atoms with Gasteiger partial charge in [-0.05, 0) is 32.0 Å². The first-order valence-electron chi connectivity index (χ1n) is 9.39. The van der Waals surface area contributed by atoms with E-state index < -0.39 is 5.76 Å². The molecule has 0 aliphatic carbocycles. The van der Waals surface area contributed by atoms with Crippen LogP contribution >= 0.6 is 0 Å². The van der Waals surface area contributed by atoms with Crippen LogP contribution in [0.1, 0.15) is 25.8 Å². The molecule has 2 heterocycles. The molecule has 0 saturated heterocycles. The lowest BCUT2D eigenvalue weighted by molar-refractivity contribution is -0.116. The second-order valence-corrected chi connectivity index (χ2v) is 6.81. The van der Waals surface area contributed by atoms with Gasteiger partial charge in [0.25, 0.3) is 0 Å². The molecule has 2 aromatic carbocycles. The van der Waals surface area contributed by atoms with Gasteiger partial charge in [0.05, 0.1) is 17.8 Å². The first-order chi connectivity index (χ1) is 13.5. The Kier molecular flexibility index (Phi) is 4.81. The van der Waals surface area contributed by atoms with E-state index in [-0.39, 0.29) is 25.0 Å². The van der Waals surface area contributed by atoms with Gasteiger partial charge in [-0.2, -0.15) is 0 Å². The van der Waals surface area contributed by atoms with Crippen LogP contribution in [-0.2, 0) is 17.8 Å². The molecule has 3 aromatic rings. The molecule has 7 heteroatoms. The summed E-state index contributed by atoms with van der Waals surface area (Å²) in [5.41, 5.74) is 2.83. The highest BCUT2D eigenvalue weighted by molar-refractivity contribution is 5.92. The number of ether oxygens (including phenoxy) is 2. The van der Waals surface area contributed by atoms with Gasteiger partial charge >= 0.3 is 5.76 Å². The van der Waals surface area contributed by atoms with Crippen molar-refractivity contribution in [3.05, 3.63) is 52.5 Å². The lowest BCUT2D eigenvalue weighted by atomic mass is 10.1. The zero-order chi connectivity index (χ0) is 19.7. The van der Waals surface area contributed by atoms with Crippen LogP contribution in [0.15, 0.2) is 45.6 Å². The predicted octanol–water partition coefficient (Wildman–Crippen LogP) is 3.35. The maximum Gasteiger partial charge on any atom is 0.419 e. The summed E-state index contributed by atoms with van der Waals surface area (Å²) in [6.07, 6.45) is 1.06. The smallest absolute Gasteiger partial charge is 0.419 e. The number of para-hydroxylation sites is 2. The molecule has 28 heavy (non-hydrogen) atoms. The number of carbonyl (C=O) groups is 1. The summed E-state index contributed by atoms with van der Waals surface area (Å²) in [4.78, 5) is 24.6. The molecule has 0 radical (unpaired) electrons. The fourth-order valence-electron chi connectivity index (χ4n) is 3.46. The van der Waals surface area contributed by atoms with Crippen LogP contribution in [0.3, 0.4) is 0 Å². The van der Waals surface area contributed by atoms with E-state index in [2.05, 4.69) is 5.32 Å². The maximum atomic E-state index is 12.5. The fraction of sp³-hybridized carbons (Fsp3) is 0.333. The summed E-state index contributed by atoms with van der Waals surface area (Å²) >= 11 is 0. The van der Waals surface area contributed by atoms with Gasteiger partial charge in [0, 0.05) is 31.0 Å². The van der Waals surface area contributed by atoms with Crippen LogP contribution in [0.4, 0.5) is 5.69 Å². The normalized spacial score (nSPS) is 15.3. The van der Waals surface area contributed by atoms with E-state index in [0.717, 1.165) is 17.7 Å². The van der Waals surface area contributed by atoms with Crippen LogP contribution in [0.5, 0.6) is 11.5 Å². The highest BCUT2D eigenvalue weighted by atomic mass is 16.5. The molecule has 0 fully saturated rings. The Morgan fingerprint density at radius 2 is 2.14 bits per heavy atom. The minimum atomic E-state index is -0.469. The van der Waals surface area contributed by atoms with Gasteiger partial charge in [0.15, 0.2) is 5.58 Å². The number of amides is 1. The van der Waals surface area contributed by atoms with Crippen molar-refractivity contribution in [2.24, 2.45) is 0 Å². The molecule has 1 amide bonds. The fourth-order valence-corrected chi connectivity index (χ4v) is 3.46. The third kappa shape index (κ3) is 3.47. The van der Waals surface area contributed by atoms with Crippen molar-refractivity contribution in [1.82, 2.24) is 4.57 Å². The number of aromatic nitrogens is 1. The summed E-state index contributed by atoms with van der Waals surface area (Å²) in [5, 5.41) is 2.88. The van der Waals surface area contributed by atoms with E-state index in [1.165, 1.54) is 4.57 Å². The molecule has 4 rings (SSSR count). The van der Waals surface area contributed by atoms with Gasteiger partial charge in [0.2, 0.25) is 5.91 Å². The van der Waals surface area contributed by atoms with Gasteiger partial charge in [-0.3, -0.25) is 9.36 Å². The van der Waals surface area contributed by atoms with Crippen LogP contribution in [-0.4, -0.2) is 23.2 Å². The van der Waals surface area contributed by atoms with Gasteiger partial charge in [-0.15, -0.1) is 0 Å². The number of carbonyl (C=O) groups excluding carboxylic acids is 1. The molecular formula is C21H22N2O5. The lowest BCUT2D eigenvalue weighted by Crippen LogP contribution is -2.20. The van der Waals surface area contributed by atoms with Gasteiger partial charge in [-0.1, -0.05) is 12.1 Å². The summed E-state index contributed by atoms with van der Waals surface area (Å²) in [6.45, 7) is 4.62. The number of fused-ring (bicyclic) bond motifs is 2. The minimum Gasteiger partial charge on any atom is -0.492 e. The molecule has 146 valence electrons. The van der Waals surface area contributed by atoms with Crippen LogP contribution < -0.4 is 20.5 Å². The monoisotopic (exact) mass is 382 g/mol. The largest absolute Gasteiger partial charge is 0.492 e. The quantitative estimate of drug-likeness (QED) is 0.707. The first kappa shape index (κ1) is 18.2. The Morgan fingerprint density at radius 1 is 1.32 bits per heavy atom. The molecule has 1 atom stereocenters. The molecule has 7 nitrogen and oxygen atoms in total. The molecule has 1 unspecified atom stereocenters. The topological polar surface area (TPSA) is 82.7 Å². The maximum absolute atomic E-state index is 12.5. The van der Waals surface area contributed by atoms with Gasteiger partial charge < -0.3 is 19.2 Å². The number of hydrogen-bond acceptors (Lipinski definition) is 5. The summed E-state index contributed by atoms with van der Waals surface area (Å²) in [5.74, 6) is 0.703. The zero-order valence-corrected chi connectivity index (χ0v) is 15.9. The average molecular weight is 382 g/mol. The van der Waals surface area contributed by atoms with Crippen molar-refractivity contribution in [3.8, 4) is 11.5 Å². The van der Waals surface area contributed by atoms with Crippen molar-refractivity contribution >= 4 is 22.7 Å². The predicted molar refractivity (Wildman–Crippen MR) is 105 cm³/mol. The van der Waals surface area contributed by atoms with E-state index in [9.17, 15) is 9.59 Å². The summed E-state index contributed by atoms with van der Waals surface area (Å²) in [6, 6.07) is 10.9. The number of aryl methyl sites for hydroxylation is 1. The average Bonchev–Trinajstić information content (AvgIpc) is 3.18. The van der Waals surface area contributed by atoms with Crippen molar-refractivity contribution in [2.45, 2.75) is 39.3 Å². The van der Waals surface area contributed by atoms with Crippen LogP contribution in [0, 0.1) is 0 Å². The van der Waals surface area contributed by atoms with E-state index >= 15 is 0 Å². The Labute approximate surface area is 161 Å². The highest BCUT2D eigenvalue weighted by Crippen LogP contribution is 2.38. The Bertz CT molecular complexity index is 1080. The highest BCUT2D eigenvalue weighted by Gasteiger charge is 2.22. The number of rotatable bonds is 6. The summed E-state index contributed by atoms with van der Waals surface area (Å²) < 4.78 is 18.1. The molecule has 1 aliphatic heterocycles. The standard InChI is InChI=1S/C21H22N2O5/c1-3-26-19-11-14-10-13(2)27-18(14)12-15(19)22-20(24)8-9-23-16-6-4-5-7-17(16)28-21(23)25/h4-7,11-13H,3,8-10H2,1-2H3,(H,22,24). The number of anilines is 1. The van der Waals surface area contributed by atoms with Crippen molar-refractivity contribution in [3.63, 3.8) is 0 Å². The van der Waals surface area contributed by atoms with Gasteiger partial charge in [0.1, 0.15) is 17.6 Å². The van der Waals surface area contributed by atoms with E-state index in [0.29, 0.717) is 29.1 Å². The van der Waals surface area contributed by atoms with E-state index in [1.54, 1.807) is 24.3 Å². The molecule has 0 bridgehead atoms. The Morgan fingerprint density at radius 3 is 2.96 bits per heavy atom.